The van der Waals surface area contributed by atoms with Crippen LogP contribution in [0.25, 0.3) is 11.1 Å². The maximum atomic E-state index is 14.2. The first-order chi connectivity index (χ1) is 19.4. The van der Waals surface area contributed by atoms with Gasteiger partial charge < -0.3 is 30.5 Å². The molecular formula is C28H29F4N5O4. The van der Waals surface area contributed by atoms with E-state index in [2.05, 4.69) is 15.3 Å². The smallest absolute Gasteiger partial charge is 0.429 e. The zero-order valence-electron chi connectivity index (χ0n) is 22.1. The van der Waals surface area contributed by atoms with Crippen LogP contribution in [-0.4, -0.2) is 60.0 Å². The Kier molecular flexibility index (Phi) is 7.64. The maximum absolute atomic E-state index is 14.2. The molecule has 5 rings (SSSR count). The molecule has 0 aliphatic carbocycles. The average Bonchev–Trinajstić information content (AvgIpc) is 3.35. The molecule has 2 saturated heterocycles. The molecule has 0 amide bonds. The minimum absolute atomic E-state index is 0.151. The fourth-order valence-electron chi connectivity index (χ4n) is 5.48. The number of nitrogen functional groups attached to an aromatic ring is 1. The first kappa shape index (κ1) is 28.4. The summed E-state index contributed by atoms with van der Waals surface area (Å²) in [5, 5.41) is 12.4. The van der Waals surface area contributed by atoms with Crippen LogP contribution in [0.15, 0.2) is 48.5 Å². The van der Waals surface area contributed by atoms with Gasteiger partial charge in [0.05, 0.1) is 7.11 Å². The lowest BCUT2D eigenvalue weighted by Gasteiger charge is -2.39. The third-order valence-electron chi connectivity index (χ3n) is 7.70. The zero-order chi connectivity index (χ0) is 29.4. The predicted octanol–water partition coefficient (Wildman–Crippen LogP) is 4.59. The monoisotopic (exact) mass is 575 g/mol. The standard InChI is InChI=1S/C28H29F4N5O4/c1-40-20-11-18(10-19(29)12-20)16-2-4-17(5-3-16)24(28(30,31)32)41-23-13-22(35-26(33)36-23)37-8-6-27(7-9-37)14-21(25(38)39)34-15-27/h2-5,10-13,21,24,34H,6-9,14-15H2,1H3,(H,38,39)(H2,33,35,36)/t21?,24-/m1/s1. The van der Waals surface area contributed by atoms with Crippen molar-refractivity contribution < 1.29 is 36.9 Å². The van der Waals surface area contributed by atoms with E-state index < -0.39 is 30.1 Å². The molecule has 2 aromatic carbocycles. The number of nitrogens with zero attached hydrogens (tertiary/aromatic N) is 3. The van der Waals surface area contributed by atoms with E-state index in [1.807, 2.05) is 4.90 Å². The minimum Gasteiger partial charge on any atom is -0.497 e. The summed E-state index contributed by atoms with van der Waals surface area (Å²) in [5.74, 6) is -1.36. The number of aromatic nitrogens is 2. The SMILES string of the molecule is COc1cc(F)cc(-c2ccc([C@@H](Oc3cc(N4CCC5(CC4)CNC(C(=O)O)C5)nc(N)n3)C(F)(F)F)cc2)c1. The van der Waals surface area contributed by atoms with E-state index in [0.29, 0.717) is 55.8 Å². The number of anilines is 2. The van der Waals surface area contributed by atoms with E-state index in [1.165, 1.54) is 49.6 Å². The summed E-state index contributed by atoms with van der Waals surface area (Å²) < 4.78 is 66.8. The summed E-state index contributed by atoms with van der Waals surface area (Å²) in [4.78, 5) is 21.3. The normalized spacial score (nSPS) is 19.2. The Bertz CT molecular complexity index is 1410. The summed E-state index contributed by atoms with van der Waals surface area (Å²) in [6, 6.07) is 10.2. The number of carboxylic acids is 1. The van der Waals surface area contributed by atoms with Crippen molar-refractivity contribution in [2.24, 2.45) is 5.41 Å². The second-order valence-electron chi connectivity index (χ2n) is 10.4. The molecule has 1 aromatic heterocycles. The zero-order valence-corrected chi connectivity index (χ0v) is 22.1. The van der Waals surface area contributed by atoms with Gasteiger partial charge in [0.1, 0.15) is 23.4 Å². The molecule has 0 bridgehead atoms. The second-order valence-corrected chi connectivity index (χ2v) is 10.4. The lowest BCUT2D eigenvalue weighted by Crippen LogP contribution is -2.41. The van der Waals surface area contributed by atoms with Crippen molar-refractivity contribution in [2.45, 2.75) is 37.6 Å². The maximum Gasteiger partial charge on any atom is 0.429 e. The van der Waals surface area contributed by atoms with Crippen LogP contribution >= 0.6 is 0 Å². The van der Waals surface area contributed by atoms with Crippen LogP contribution < -0.4 is 25.4 Å². The molecule has 218 valence electrons. The summed E-state index contributed by atoms with van der Waals surface area (Å²) in [6.45, 7) is 1.65. The van der Waals surface area contributed by atoms with Crippen molar-refractivity contribution in [3.8, 4) is 22.8 Å². The molecule has 41 heavy (non-hydrogen) atoms. The lowest BCUT2D eigenvalue weighted by atomic mass is 9.76. The van der Waals surface area contributed by atoms with E-state index in [1.54, 1.807) is 6.07 Å². The van der Waals surface area contributed by atoms with Gasteiger partial charge in [0.15, 0.2) is 0 Å². The van der Waals surface area contributed by atoms with E-state index in [9.17, 15) is 27.5 Å². The van der Waals surface area contributed by atoms with Crippen molar-refractivity contribution in [3.05, 3.63) is 59.9 Å². The Hall–Kier alpha value is -4.13. The molecule has 2 fully saturated rings. The second kappa shape index (κ2) is 11.0. The van der Waals surface area contributed by atoms with Crippen LogP contribution in [-0.2, 0) is 4.79 Å². The first-order valence-corrected chi connectivity index (χ1v) is 13.0. The molecule has 2 atom stereocenters. The van der Waals surface area contributed by atoms with Gasteiger partial charge in [-0.3, -0.25) is 4.79 Å². The van der Waals surface area contributed by atoms with Crippen molar-refractivity contribution in [2.75, 3.05) is 37.4 Å². The first-order valence-electron chi connectivity index (χ1n) is 13.0. The van der Waals surface area contributed by atoms with Crippen LogP contribution in [0.5, 0.6) is 11.6 Å². The van der Waals surface area contributed by atoms with Crippen LogP contribution in [0.1, 0.15) is 30.9 Å². The van der Waals surface area contributed by atoms with Crippen molar-refractivity contribution in [3.63, 3.8) is 0 Å². The topological polar surface area (TPSA) is 123 Å². The van der Waals surface area contributed by atoms with Crippen molar-refractivity contribution >= 4 is 17.7 Å². The van der Waals surface area contributed by atoms with Crippen molar-refractivity contribution in [1.82, 2.24) is 15.3 Å². The van der Waals surface area contributed by atoms with E-state index in [0.717, 1.165) is 0 Å². The summed E-state index contributed by atoms with van der Waals surface area (Å²) in [7, 11) is 1.39. The Balaban J connectivity index is 1.33. The van der Waals surface area contributed by atoms with Gasteiger partial charge in [-0.2, -0.15) is 23.1 Å². The Morgan fingerprint density at radius 2 is 1.83 bits per heavy atom. The van der Waals surface area contributed by atoms with Gasteiger partial charge in [-0.25, -0.2) is 4.39 Å². The van der Waals surface area contributed by atoms with Gasteiger partial charge in [-0.15, -0.1) is 0 Å². The van der Waals surface area contributed by atoms with Crippen LogP contribution in [0.4, 0.5) is 29.3 Å². The van der Waals surface area contributed by atoms with Gasteiger partial charge in [0.25, 0.3) is 0 Å². The number of hydrogen-bond acceptors (Lipinski definition) is 8. The third kappa shape index (κ3) is 6.29. The molecule has 0 saturated carbocycles. The van der Waals surface area contributed by atoms with Crippen LogP contribution in [0.3, 0.4) is 0 Å². The van der Waals surface area contributed by atoms with Gasteiger partial charge >= 0.3 is 12.1 Å². The molecule has 3 aromatic rings. The van der Waals surface area contributed by atoms with Crippen LogP contribution in [0, 0.1) is 11.2 Å². The summed E-state index contributed by atoms with van der Waals surface area (Å²) in [5.41, 5.74) is 6.47. The molecule has 2 aliphatic rings. The lowest BCUT2D eigenvalue weighted by molar-refractivity contribution is -0.198. The largest absolute Gasteiger partial charge is 0.497 e. The number of piperidine rings is 1. The number of carboxylic acid groups (broad SMARTS) is 1. The number of nitrogens with one attached hydrogen (secondary N) is 1. The number of ether oxygens (including phenoxy) is 2. The fraction of sp³-hybridized carbons (Fsp3) is 0.393. The van der Waals surface area contributed by atoms with Gasteiger partial charge in [0.2, 0.25) is 17.9 Å². The molecule has 13 heteroatoms. The quantitative estimate of drug-likeness (QED) is 0.347. The molecule has 4 N–H and O–H groups in total. The number of carbonyl (C=O) groups is 1. The number of methoxy groups -OCH3 is 1. The Labute approximate surface area is 233 Å². The predicted molar refractivity (Wildman–Crippen MR) is 142 cm³/mol. The highest BCUT2D eigenvalue weighted by Gasteiger charge is 2.45. The van der Waals surface area contributed by atoms with Crippen molar-refractivity contribution in [1.29, 1.82) is 0 Å². The number of rotatable bonds is 7. The Morgan fingerprint density at radius 3 is 2.44 bits per heavy atom. The molecule has 1 unspecified atom stereocenters. The summed E-state index contributed by atoms with van der Waals surface area (Å²) >= 11 is 0. The highest BCUT2D eigenvalue weighted by molar-refractivity contribution is 5.74. The van der Waals surface area contributed by atoms with Gasteiger partial charge in [0, 0.05) is 37.3 Å². The number of aliphatic carboxylic acids is 1. The number of benzene rings is 2. The molecule has 3 heterocycles. The minimum atomic E-state index is -4.78. The third-order valence-corrected chi connectivity index (χ3v) is 7.70. The number of hydrogen-bond donors (Lipinski definition) is 3. The van der Waals surface area contributed by atoms with E-state index >= 15 is 0 Å². The molecule has 9 nitrogen and oxygen atoms in total. The fourth-order valence-corrected chi connectivity index (χ4v) is 5.48. The van der Waals surface area contributed by atoms with Crippen LogP contribution in [0.2, 0.25) is 0 Å². The highest BCUT2D eigenvalue weighted by Crippen LogP contribution is 2.41. The Morgan fingerprint density at radius 1 is 1.12 bits per heavy atom. The number of alkyl halides is 3. The molecule has 2 aliphatic heterocycles. The average molecular weight is 576 g/mol. The molecule has 1 spiro atoms. The number of nitrogens with two attached hydrogens (primary N) is 1. The van der Waals surface area contributed by atoms with E-state index in [-0.39, 0.29) is 28.6 Å². The molecule has 0 radical (unpaired) electrons. The molecular weight excluding hydrogens is 546 g/mol. The summed E-state index contributed by atoms with van der Waals surface area (Å²) in [6.07, 6.45) is -5.22. The van der Waals surface area contributed by atoms with E-state index in [4.69, 9.17) is 15.2 Å². The number of halogens is 4. The van der Waals surface area contributed by atoms with Gasteiger partial charge in [-0.05, 0) is 47.9 Å². The van der Waals surface area contributed by atoms with Gasteiger partial charge in [-0.1, -0.05) is 24.3 Å². The highest BCUT2D eigenvalue weighted by atomic mass is 19.4.